The summed E-state index contributed by atoms with van der Waals surface area (Å²) in [5.41, 5.74) is 1.84. The third-order valence-electron chi connectivity index (χ3n) is 5.63. The van der Waals surface area contributed by atoms with Gasteiger partial charge in [-0.25, -0.2) is 8.42 Å². The number of ether oxygens (including phenoxy) is 1. The summed E-state index contributed by atoms with van der Waals surface area (Å²) in [6.07, 6.45) is 2.77. The topological polar surface area (TPSA) is 96.0 Å². The molecule has 1 atom stereocenters. The minimum atomic E-state index is -3.81. The summed E-state index contributed by atoms with van der Waals surface area (Å²) >= 11 is 6.21. The molecule has 0 saturated heterocycles. The lowest BCUT2D eigenvalue weighted by atomic mass is 10.1. The number of hydrogen-bond acceptors (Lipinski definition) is 5. The summed E-state index contributed by atoms with van der Waals surface area (Å²) in [5, 5.41) is 3.24. The van der Waals surface area contributed by atoms with Gasteiger partial charge in [0.1, 0.15) is 18.3 Å². The molecule has 2 amide bonds. The lowest BCUT2D eigenvalue weighted by Gasteiger charge is -2.31. The fraction of sp³-hybridized carbons (Fsp3) is 0.440. The second-order valence-corrected chi connectivity index (χ2v) is 10.7. The first-order valence-electron chi connectivity index (χ1n) is 11.4. The number of carbonyl (C=O) groups is 2. The number of sulfonamides is 1. The smallest absolute Gasteiger partial charge is 0.244 e. The fourth-order valence-corrected chi connectivity index (χ4v) is 4.41. The van der Waals surface area contributed by atoms with Crippen LogP contribution in [-0.4, -0.2) is 57.6 Å². The molecule has 10 heteroatoms. The number of unbranched alkanes of at least 4 members (excludes halogenated alkanes) is 1. The molecule has 2 aromatic carbocycles. The van der Waals surface area contributed by atoms with Crippen molar-refractivity contribution in [3.63, 3.8) is 0 Å². The van der Waals surface area contributed by atoms with Gasteiger partial charge in [0.15, 0.2) is 0 Å². The van der Waals surface area contributed by atoms with Crippen molar-refractivity contribution in [2.24, 2.45) is 0 Å². The van der Waals surface area contributed by atoms with Crippen LogP contribution in [0.3, 0.4) is 0 Å². The normalized spacial score (nSPS) is 12.1. The minimum Gasteiger partial charge on any atom is -0.497 e. The zero-order chi connectivity index (χ0) is 26.2. The highest BCUT2D eigenvalue weighted by Gasteiger charge is 2.30. The molecule has 192 valence electrons. The lowest BCUT2D eigenvalue weighted by molar-refractivity contribution is -0.139. The molecule has 0 aliphatic heterocycles. The number of nitrogens with one attached hydrogen (secondary N) is 1. The largest absolute Gasteiger partial charge is 0.497 e. The van der Waals surface area contributed by atoms with Crippen LogP contribution < -0.4 is 14.4 Å². The molecule has 0 radical (unpaired) electrons. The summed E-state index contributed by atoms with van der Waals surface area (Å²) < 4.78 is 31.4. The van der Waals surface area contributed by atoms with Crippen molar-refractivity contribution in [1.29, 1.82) is 0 Å². The van der Waals surface area contributed by atoms with Crippen LogP contribution >= 0.6 is 11.6 Å². The monoisotopic (exact) mass is 523 g/mol. The van der Waals surface area contributed by atoms with Gasteiger partial charge in [0.25, 0.3) is 0 Å². The molecule has 1 unspecified atom stereocenters. The maximum atomic E-state index is 13.5. The summed E-state index contributed by atoms with van der Waals surface area (Å²) in [7, 11) is -2.25. The van der Waals surface area contributed by atoms with E-state index in [0.29, 0.717) is 17.3 Å². The number of nitrogens with zero attached hydrogens (tertiary/aromatic N) is 2. The van der Waals surface area contributed by atoms with E-state index in [9.17, 15) is 18.0 Å². The second-order valence-electron chi connectivity index (χ2n) is 8.39. The van der Waals surface area contributed by atoms with Crippen molar-refractivity contribution in [3.05, 3.63) is 58.6 Å². The standard InChI is InChI=1S/C25H34ClN3O5S/c1-6-7-14-27-25(31)19(3)28(16-20-9-12-22(34-4)13-10-20)24(30)17-29(35(5,32)33)21-11-8-18(2)23(26)15-21/h8-13,15,19H,6-7,14,16-17H2,1-5H3,(H,27,31). The van der Waals surface area contributed by atoms with E-state index >= 15 is 0 Å². The average Bonchev–Trinajstić information content (AvgIpc) is 2.82. The molecular formula is C25H34ClN3O5S. The van der Waals surface area contributed by atoms with E-state index in [1.807, 2.05) is 6.92 Å². The van der Waals surface area contributed by atoms with Crippen molar-refractivity contribution < 1.29 is 22.7 Å². The van der Waals surface area contributed by atoms with Crippen LogP contribution in [0.2, 0.25) is 5.02 Å². The summed E-state index contributed by atoms with van der Waals surface area (Å²) in [6, 6.07) is 11.1. The van der Waals surface area contributed by atoms with Crippen LogP contribution in [0.15, 0.2) is 42.5 Å². The Hall–Kier alpha value is -2.78. The SMILES string of the molecule is CCCCNC(=O)C(C)N(Cc1ccc(OC)cc1)C(=O)CN(c1ccc(C)c(Cl)c1)S(C)(=O)=O. The number of carbonyl (C=O) groups excluding carboxylic acids is 2. The van der Waals surface area contributed by atoms with Crippen LogP contribution in [0.25, 0.3) is 0 Å². The maximum Gasteiger partial charge on any atom is 0.244 e. The van der Waals surface area contributed by atoms with Crippen LogP contribution in [-0.2, 0) is 26.2 Å². The molecule has 0 heterocycles. The molecule has 0 fully saturated rings. The molecule has 2 aromatic rings. The summed E-state index contributed by atoms with van der Waals surface area (Å²) in [6.45, 7) is 5.61. The van der Waals surface area contributed by atoms with E-state index in [1.54, 1.807) is 57.4 Å². The van der Waals surface area contributed by atoms with E-state index < -0.39 is 28.5 Å². The Morgan fingerprint density at radius 2 is 1.80 bits per heavy atom. The summed E-state index contributed by atoms with van der Waals surface area (Å²) in [5.74, 6) is -0.151. The minimum absolute atomic E-state index is 0.122. The number of amides is 2. The first-order chi connectivity index (χ1) is 16.5. The van der Waals surface area contributed by atoms with E-state index in [-0.39, 0.29) is 18.1 Å². The van der Waals surface area contributed by atoms with Gasteiger partial charge < -0.3 is 15.0 Å². The zero-order valence-corrected chi connectivity index (χ0v) is 22.4. The van der Waals surface area contributed by atoms with Gasteiger partial charge in [-0.1, -0.05) is 43.1 Å². The number of hydrogen-bond donors (Lipinski definition) is 1. The zero-order valence-electron chi connectivity index (χ0n) is 20.9. The van der Waals surface area contributed by atoms with Gasteiger partial charge in [-0.15, -0.1) is 0 Å². The number of benzene rings is 2. The van der Waals surface area contributed by atoms with E-state index in [4.69, 9.17) is 16.3 Å². The Balaban J connectivity index is 2.36. The van der Waals surface area contributed by atoms with Crippen LogP contribution in [0, 0.1) is 6.92 Å². The highest BCUT2D eigenvalue weighted by Crippen LogP contribution is 2.25. The number of aryl methyl sites for hydroxylation is 1. The molecule has 0 aliphatic rings. The highest BCUT2D eigenvalue weighted by molar-refractivity contribution is 7.92. The number of rotatable bonds is 12. The van der Waals surface area contributed by atoms with Crippen molar-refractivity contribution >= 4 is 39.1 Å². The lowest BCUT2D eigenvalue weighted by Crippen LogP contribution is -2.51. The first-order valence-corrected chi connectivity index (χ1v) is 13.6. The van der Waals surface area contributed by atoms with Gasteiger partial charge >= 0.3 is 0 Å². The second kappa shape index (κ2) is 12.8. The molecule has 2 rings (SSSR count). The van der Waals surface area contributed by atoms with Gasteiger partial charge in [0.2, 0.25) is 21.8 Å². The quantitative estimate of drug-likeness (QED) is 0.427. The van der Waals surface area contributed by atoms with Gasteiger partial charge in [-0.3, -0.25) is 13.9 Å². The molecule has 0 aliphatic carbocycles. The van der Waals surface area contributed by atoms with Gasteiger partial charge in [-0.2, -0.15) is 0 Å². The van der Waals surface area contributed by atoms with Gasteiger partial charge in [0, 0.05) is 18.1 Å². The molecule has 0 aromatic heterocycles. The van der Waals surface area contributed by atoms with E-state index in [2.05, 4.69) is 5.32 Å². The van der Waals surface area contributed by atoms with E-state index in [0.717, 1.165) is 34.5 Å². The van der Waals surface area contributed by atoms with Gasteiger partial charge in [-0.05, 0) is 55.7 Å². The molecule has 1 N–H and O–H groups in total. The molecule has 0 spiro atoms. The third-order valence-corrected chi connectivity index (χ3v) is 7.18. The predicted octanol–water partition coefficient (Wildman–Crippen LogP) is 3.76. The van der Waals surface area contributed by atoms with Crippen molar-refractivity contribution in [2.75, 3.05) is 30.8 Å². The molecular weight excluding hydrogens is 490 g/mol. The Kier molecular flexibility index (Phi) is 10.4. The Morgan fingerprint density at radius 3 is 2.34 bits per heavy atom. The van der Waals surface area contributed by atoms with Crippen LogP contribution in [0.5, 0.6) is 5.75 Å². The van der Waals surface area contributed by atoms with Crippen LogP contribution in [0.4, 0.5) is 5.69 Å². The number of halogens is 1. The molecule has 8 nitrogen and oxygen atoms in total. The Bertz CT molecular complexity index is 1120. The Labute approximate surface area is 213 Å². The maximum absolute atomic E-state index is 13.5. The van der Waals surface area contributed by atoms with Crippen molar-refractivity contribution in [2.45, 2.75) is 46.2 Å². The van der Waals surface area contributed by atoms with Crippen molar-refractivity contribution in [3.8, 4) is 5.75 Å². The van der Waals surface area contributed by atoms with Gasteiger partial charge in [0.05, 0.1) is 19.1 Å². The fourth-order valence-electron chi connectivity index (χ4n) is 3.40. The van der Waals surface area contributed by atoms with E-state index in [1.165, 1.54) is 11.0 Å². The molecule has 35 heavy (non-hydrogen) atoms. The third kappa shape index (κ3) is 8.14. The first kappa shape index (κ1) is 28.5. The van der Waals surface area contributed by atoms with Crippen molar-refractivity contribution in [1.82, 2.24) is 10.2 Å². The average molecular weight is 524 g/mol. The Morgan fingerprint density at radius 1 is 1.14 bits per heavy atom. The highest BCUT2D eigenvalue weighted by atomic mass is 35.5. The number of anilines is 1. The van der Waals surface area contributed by atoms with Crippen LogP contribution in [0.1, 0.15) is 37.8 Å². The predicted molar refractivity (Wildman–Crippen MR) is 139 cm³/mol. The number of methoxy groups -OCH3 is 1. The summed E-state index contributed by atoms with van der Waals surface area (Å²) in [4.78, 5) is 27.7. The molecule has 0 saturated carbocycles. The molecule has 0 bridgehead atoms.